The first-order valence-corrected chi connectivity index (χ1v) is 7.44. The van der Waals surface area contributed by atoms with Crippen molar-refractivity contribution in [3.8, 4) is 0 Å². The average molecular weight is 267 g/mol. The molecule has 2 aromatic rings. The molecular formula is C18H18FN. The third-order valence-corrected chi connectivity index (χ3v) is 4.77. The molecule has 0 bridgehead atoms. The van der Waals surface area contributed by atoms with Gasteiger partial charge in [0.15, 0.2) is 0 Å². The molecule has 0 N–H and O–H groups in total. The summed E-state index contributed by atoms with van der Waals surface area (Å²) in [5.74, 6) is -0.151. The van der Waals surface area contributed by atoms with Gasteiger partial charge in [0.2, 0.25) is 0 Å². The Balaban J connectivity index is 1.75. The molecule has 102 valence electrons. The minimum atomic E-state index is -0.151. The lowest BCUT2D eigenvalue weighted by Gasteiger charge is -2.38. The van der Waals surface area contributed by atoms with E-state index in [4.69, 9.17) is 0 Å². The van der Waals surface area contributed by atoms with E-state index < -0.39 is 0 Å². The molecule has 1 saturated heterocycles. The molecule has 0 amide bonds. The molecule has 0 radical (unpaired) electrons. The Kier molecular flexibility index (Phi) is 2.76. The normalized spacial score (nSPS) is 24.4. The van der Waals surface area contributed by atoms with Gasteiger partial charge in [-0.3, -0.25) is 0 Å². The Labute approximate surface area is 119 Å². The highest BCUT2D eigenvalue weighted by atomic mass is 19.1. The average Bonchev–Trinajstić information content (AvgIpc) is 2.92. The molecule has 2 aromatic carbocycles. The Bertz CT molecular complexity index is 620. The predicted molar refractivity (Wildman–Crippen MR) is 79.4 cm³/mol. The third kappa shape index (κ3) is 1.82. The Morgan fingerprint density at radius 2 is 1.70 bits per heavy atom. The fraction of sp³-hybridized carbons (Fsp3) is 0.333. The lowest BCUT2D eigenvalue weighted by Crippen LogP contribution is -2.35. The number of anilines is 1. The zero-order valence-corrected chi connectivity index (χ0v) is 11.4. The topological polar surface area (TPSA) is 3.24 Å². The molecule has 0 aliphatic carbocycles. The number of nitrogens with zero attached hydrogens (tertiary/aromatic N) is 1. The number of para-hydroxylation sites is 1. The summed E-state index contributed by atoms with van der Waals surface area (Å²) in [6.45, 7) is 0. The van der Waals surface area contributed by atoms with E-state index in [2.05, 4.69) is 29.2 Å². The van der Waals surface area contributed by atoms with E-state index in [-0.39, 0.29) is 5.82 Å². The van der Waals surface area contributed by atoms with Crippen molar-refractivity contribution in [2.24, 2.45) is 0 Å². The largest absolute Gasteiger partial charge is 0.361 e. The van der Waals surface area contributed by atoms with Crippen LogP contribution in [-0.2, 0) is 6.42 Å². The van der Waals surface area contributed by atoms with E-state index in [0.29, 0.717) is 12.1 Å². The number of hydrogen-bond donors (Lipinski definition) is 0. The lowest BCUT2D eigenvalue weighted by molar-refractivity contribution is 0.567. The molecule has 2 heterocycles. The molecule has 1 fully saturated rings. The van der Waals surface area contributed by atoms with Gasteiger partial charge in [0.05, 0.1) is 6.04 Å². The van der Waals surface area contributed by atoms with Gasteiger partial charge in [0.25, 0.3) is 0 Å². The second-order valence-corrected chi connectivity index (χ2v) is 5.87. The van der Waals surface area contributed by atoms with Crippen molar-refractivity contribution < 1.29 is 4.39 Å². The predicted octanol–water partition coefficient (Wildman–Crippen LogP) is 4.48. The van der Waals surface area contributed by atoms with Crippen molar-refractivity contribution in [3.63, 3.8) is 0 Å². The maximum atomic E-state index is 13.1. The number of rotatable bonds is 1. The molecule has 0 saturated carbocycles. The van der Waals surface area contributed by atoms with Crippen LogP contribution in [0.25, 0.3) is 0 Å². The van der Waals surface area contributed by atoms with Crippen molar-refractivity contribution in [1.82, 2.24) is 0 Å². The molecule has 2 heteroatoms. The van der Waals surface area contributed by atoms with Gasteiger partial charge in [0, 0.05) is 11.7 Å². The minimum Gasteiger partial charge on any atom is -0.361 e. The number of hydrogen-bond acceptors (Lipinski definition) is 1. The van der Waals surface area contributed by atoms with Crippen LogP contribution in [0.5, 0.6) is 0 Å². The molecule has 2 aliphatic rings. The highest BCUT2D eigenvalue weighted by Gasteiger charge is 2.37. The molecule has 2 aliphatic heterocycles. The Morgan fingerprint density at radius 3 is 2.55 bits per heavy atom. The smallest absolute Gasteiger partial charge is 0.123 e. The van der Waals surface area contributed by atoms with E-state index in [1.807, 2.05) is 12.1 Å². The van der Waals surface area contributed by atoms with Crippen LogP contribution in [0.4, 0.5) is 10.1 Å². The van der Waals surface area contributed by atoms with E-state index in [9.17, 15) is 4.39 Å². The van der Waals surface area contributed by atoms with Gasteiger partial charge in [-0.15, -0.1) is 0 Å². The number of aryl methyl sites for hydroxylation is 1. The maximum absolute atomic E-state index is 13.1. The lowest BCUT2D eigenvalue weighted by atomic mass is 9.96. The van der Waals surface area contributed by atoms with Crippen molar-refractivity contribution in [1.29, 1.82) is 0 Å². The van der Waals surface area contributed by atoms with E-state index in [0.717, 1.165) is 0 Å². The highest BCUT2D eigenvalue weighted by molar-refractivity contribution is 5.59. The number of fused-ring (bicyclic) bond motifs is 3. The number of benzene rings is 2. The van der Waals surface area contributed by atoms with Crippen LogP contribution in [0.3, 0.4) is 0 Å². The molecule has 1 nitrogen and oxygen atoms in total. The van der Waals surface area contributed by atoms with Crippen molar-refractivity contribution in [2.75, 3.05) is 4.90 Å². The van der Waals surface area contributed by atoms with Crippen LogP contribution in [0, 0.1) is 5.82 Å². The Morgan fingerprint density at radius 1 is 0.900 bits per heavy atom. The highest BCUT2D eigenvalue weighted by Crippen LogP contribution is 2.45. The summed E-state index contributed by atoms with van der Waals surface area (Å²) >= 11 is 0. The van der Waals surface area contributed by atoms with Gasteiger partial charge in [-0.05, 0) is 55.0 Å². The van der Waals surface area contributed by atoms with Crippen LogP contribution in [-0.4, -0.2) is 6.04 Å². The van der Waals surface area contributed by atoms with Crippen LogP contribution < -0.4 is 4.90 Å². The first-order chi connectivity index (χ1) is 9.83. The fourth-order valence-electron chi connectivity index (χ4n) is 3.84. The van der Waals surface area contributed by atoms with Gasteiger partial charge in [-0.25, -0.2) is 4.39 Å². The van der Waals surface area contributed by atoms with Gasteiger partial charge in [-0.1, -0.05) is 30.3 Å². The summed E-state index contributed by atoms with van der Waals surface area (Å²) in [5, 5.41) is 0. The zero-order chi connectivity index (χ0) is 13.5. The van der Waals surface area contributed by atoms with Crippen molar-refractivity contribution >= 4 is 5.69 Å². The van der Waals surface area contributed by atoms with Crippen LogP contribution in [0.2, 0.25) is 0 Å². The molecule has 0 aromatic heterocycles. The van der Waals surface area contributed by atoms with Crippen molar-refractivity contribution in [2.45, 2.75) is 37.8 Å². The monoisotopic (exact) mass is 267 g/mol. The summed E-state index contributed by atoms with van der Waals surface area (Å²) in [4.78, 5) is 2.58. The quantitative estimate of drug-likeness (QED) is 0.736. The first kappa shape index (κ1) is 12.0. The minimum absolute atomic E-state index is 0.151. The van der Waals surface area contributed by atoms with Gasteiger partial charge in [-0.2, -0.15) is 0 Å². The Hall–Kier alpha value is -1.83. The van der Waals surface area contributed by atoms with E-state index in [1.165, 1.54) is 42.5 Å². The molecule has 4 rings (SSSR count). The molecule has 0 spiro atoms. The maximum Gasteiger partial charge on any atom is 0.123 e. The second-order valence-electron chi connectivity index (χ2n) is 5.87. The van der Waals surface area contributed by atoms with Gasteiger partial charge in [0.1, 0.15) is 5.82 Å². The molecule has 2 atom stereocenters. The zero-order valence-electron chi connectivity index (χ0n) is 11.4. The van der Waals surface area contributed by atoms with E-state index in [1.54, 1.807) is 12.1 Å². The SMILES string of the molecule is Fc1ccc([C@@H]2CC[C@@H]3CCc4ccccc4N32)cc1. The van der Waals surface area contributed by atoms with Gasteiger partial charge >= 0.3 is 0 Å². The van der Waals surface area contributed by atoms with Crippen molar-refractivity contribution in [3.05, 3.63) is 65.5 Å². The van der Waals surface area contributed by atoms with E-state index >= 15 is 0 Å². The standard InChI is InChI=1S/C18H18FN/c19-15-8-5-14(6-9-15)18-12-11-16-10-7-13-3-1-2-4-17(13)20(16)18/h1-6,8-9,16,18H,7,10-12H2/t16-,18-/m0/s1. The summed E-state index contributed by atoms with van der Waals surface area (Å²) in [7, 11) is 0. The summed E-state index contributed by atoms with van der Waals surface area (Å²) < 4.78 is 13.1. The second kappa shape index (κ2) is 4.62. The number of halogens is 1. The molecule has 0 unspecified atom stereocenters. The van der Waals surface area contributed by atoms with Crippen LogP contribution in [0.1, 0.15) is 36.4 Å². The summed E-state index contributed by atoms with van der Waals surface area (Å²) in [6, 6.07) is 16.8. The summed E-state index contributed by atoms with van der Waals surface area (Å²) in [5.41, 5.74) is 4.08. The third-order valence-electron chi connectivity index (χ3n) is 4.77. The fourth-order valence-corrected chi connectivity index (χ4v) is 3.84. The van der Waals surface area contributed by atoms with Crippen LogP contribution in [0.15, 0.2) is 48.5 Å². The van der Waals surface area contributed by atoms with Gasteiger partial charge < -0.3 is 4.90 Å². The molecule has 20 heavy (non-hydrogen) atoms. The first-order valence-electron chi connectivity index (χ1n) is 7.44. The molecular weight excluding hydrogens is 249 g/mol. The summed E-state index contributed by atoms with van der Waals surface area (Å²) in [6.07, 6.45) is 4.85. The van der Waals surface area contributed by atoms with Crippen LogP contribution >= 0.6 is 0 Å².